The van der Waals surface area contributed by atoms with Gasteiger partial charge in [-0.05, 0) is 55.8 Å². The molecule has 1 amide bonds. The minimum Gasteiger partial charge on any atom is -0.486 e. The molecule has 0 aliphatic carbocycles. The predicted molar refractivity (Wildman–Crippen MR) is 125 cm³/mol. The van der Waals surface area contributed by atoms with Crippen LogP contribution in [-0.4, -0.2) is 26.9 Å². The van der Waals surface area contributed by atoms with E-state index in [1.165, 1.54) is 11.3 Å². The minimum atomic E-state index is -0.0978. The van der Waals surface area contributed by atoms with Crippen LogP contribution >= 0.6 is 34.5 Å². The topological polar surface area (TPSA) is 62.7 Å². The van der Waals surface area contributed by atoms with Gasteiger partial charge in [0.2, 0.25) is 0 Å². The van der Waals surface area contributed by atoms with Gasteiger partial charge in [-0.3, -0.25) is 4.79 Å². The van der Waals surface area contributed by atoms with E-state index >= 15 is 0 Å². The summed E-state index contributed by atoms with van der Waals surface area (Å²) in [6.45, 7) is 4.59. The Morgan fingerprint density at radius 2 is 1.90 bits per heavy atom. The number of hydrogen-bond donors (Lipinski definition) is 1. The highest BCUT2D eigenvalue weighted by Crippen LogP contribution is 2.27. The van der Waals surface area contributed by atoms with E-state index < -0.39 is 0 Å². The van der Waals surface area contributed by atoms with Gasteiger partial charge in [-0.25, -0.2) is 4.98 Å². The molecule has 0 bridgehead atoms. The first-order valence-corrected chi connectivity index (χ1v) is 11.6. The van der Waals surface area contributed by atoms with E-state index in [1.807, 2.05) is 24.8 Å². The third-order valence-electron chi connectivity index (χ3n) is 4.95. The summed E-state index contributed by atoms with van der Waals surface area (Å²) in [4.78, 5) is 19.4. The molecule has 0 saturated heterocycles. The molecule has 3 rings (SSSR count). The van der Waals surface area contributed by atoms with Crippen LogP contribution in [0.3, 0.4) is 0 Å². The Morgan fingerprint density at radius 1 is 1.19 bits per heavy atom. The summed E-state index contributed by atoms with van der Waals surface area (Å²) in [6.07, 6.45) is 0.805. The van der Waals surface area contributed by atoms with Gasteiger partial charge in [0.1, 0.15) is 17.4 Å². The quantitative estimate of drug-likeness (QED) is 0.411. The molecule has 1 atom stereocenters. The van der Waals surface area contributed by atoms with Gasteiger partial charge >= 0.3 is 0 Å². The smallest absolute Gasteiger partial charge is 0.254 e. The summed E-state index contributed by atoms with van der Waals surface area (Å²) in [7, 11) is 0. The Morgan fingerprint density at radius 3 is 2.55 bits per heavy atom. The van der Waals surface area contributed by atoms with Crippen LogP contribution < -0.4 is 4.74 Å². The SMILES string of the molecule is CC[C@@H](C)N(Cc1cc(Cl)ccc1OCc1nc(CO)cs1)C(=O)c1ccc(Cl)cc1. The molecule has 8 heteroatoms. The zero-order valence-electron chi connectivity index (χ0n) is 17.3. The van der Waals surface area contributed by atoms with Crippen molar-refractivity contribution < 1.29 is 14.6 Å². The molecule has 1 heterocycles. The van der Waals surface area contributed by atoms with Crippen molar-refractivity contribution in [1.82, 2.24) is 9.88 Å². The fourth-order valence-electron chi connectivity index (χ4n) is 3.03. The summed E-state index contributed by atoms with van der Waals surface area (Å²) in [5.74, 6) is 0.562. The van der Waals surface area contributed by atoms with Gasteiger partial charge in [0.15, 0.2) is 0 Å². The van der Waals surface area contributed by atoms with Crippen molar-refractivity contribution in [2.75, 3.05) is 0 Å². The molecule has 0 unspecified atom stereocenters. The van der Waals surface area contributed by atoms with E-state index in [-0.39, 0.29) is 25.2 Å². The molecule has 0 aliphatic rings. The number of aliphatic hydroxyl groups is 1. The fraction of sp³-hybridized carbons (Fsp3) is 0.304. The van der Waals surface area contributed by atoms with Gasteiger partial charge in [0.25, 0.3) is 5.91 Å². The van der Waals surface area contributed by atoms with Gasteiger partial charge in [0, 0.05) is 39.1 Å². The lowest BCUT2D eigenvalue weighted by molar-refractivity contribution is 0.0669. The molecule has 0 radical (unpaired) electrons. The highest BCUT2D eigenvalue weighted by molar-refractivity contribution is 7.09. The molecule has 0 spiro atoms. The molecule has 0 fully saturated rings. The average molecular weight is 479 g/mol. The van der Waals surface area contributed by atoms with E-state index in [4.69, 9.17) is 27.9 Å². The highest BCUT2D eigenvalue weighted by atomic mass is 35.5. The normalized spacial score (nSPS) is 11.9. The lowest BCUT2D eigenvalue weighted by Gasteiger charge is -2.29. The van der Waals surface area contributed by atoms with E-state index in [9.17, 15) is 9.90 Å². The molecule has 3 aromatic rings. The molecule has 31 heavy (non-hydrogen) atoms. The van der Waals surface area contributed by atoms with Gasteiger partial charge < -0.3 is 14.7 Å². The molecule has 5 nitrogen and oxygen atoms in total. The monoisotopic (exact) mass is 478 g/mol. The first-order valence-electron chi connectivity index (χ1n) is 9.93. The van der Waals surface area contributed by atoms with Crippen LogP contribution in [0.25, 0.3) is 0 Å². The van der Waals surface area contributed by atoms with Gasteiger partial charge in [-0.2, -0.15) is 0 Å². The third-order valence-corrected chi connectivity index (χ3v) is 6.31. The first-order chi connectivity index (χ1) is 14.9. The van der Waals surface area contributed by atoms with Crippen molar-refractivity contribution in [2.45, 2.75) is 46.1 Å². The number of amides is 1. The third kappa shape index (κ3) is 6.20. The van der Waals surface area contributed by atoms with E-state index in [0.29, 0.717) is 33.6 Å². The number of carbonyl (C=O) groups is 1. The number of thiazole rings is 1. The van der Waals surface area contributed by atoms with Crippen molar-refractivity contribution in [3.05, 3.63) is 79.7 Å². The van der Waals surface area contributed by atoms with Gasteiger partial charge in [0.05, 0.1) is 12.3 Å². The Hall–Kier alpha value is -2.12. The molecule has 2 aromatic carbocycles. The van der Waals surface area contributed by atoms with Crippen LogP contribution in [0.4, 0.5) is 0 Å². The van der Waals surface area contributed by atoms with Crippen molar-refractivity contribution in [3.63, 3.8) is 0 Å². The van der Waals surface area contributed by atoms with Crippen molar-refractivity contribution in [2.24, 2.45) is 0 Å². The fourth-order valence-corrected chi connectivity index (χ4v) is 4.05. The lowest BCUT2D eigenvalue weighted by Crippen LogP contribution is -2.37. The second-order valence-electron chi connectivity index (χ2n) is 7.13. The summed E-state index contributed by atoms with van der Waals surface area (Å²) >= 11 is 13.7. The zero-order valence-corrected chi connectivity index (χ0v) is 19.7. The number of rotatable bonds is 9. The number of halogens is 2. The van der Waals surface area contributed by atoms with Crippen LogP contribution in [0.15, 0.2) is 47.8 Å². The summed E-state index contributed by atoms with van der Waals surface area (Å²) in [5, 5.41) is 12.9. The van der Waals surface area contributed by atoms with Gasteiger partial charge in [-0.15, -0.1) is 11.3 Å². The number of benzene rings is 2. The predicted octanol–water partition coefficient (Wildman–Crippen LogP) is 5.96. The average Bonchev–Trinajstić information content (AvgIpc) is 3.24. The van der Waals surface area contributed by atoms with Crippen LogP contribution in [0, 0.1) is 0 Å². The molecule has 1 N–H and O–H groups in total. The molecule has 164 valence electrons. The number of aromatic nitrogens is 1. The number of nitrogens with zero attached hydrogens (tertiary/aromatic N) is 2. The lowest BCUT2D eigenvalue weighted by atomic mass is 10.1. The van der Waals surface area contributed by atoms with Crippen LogP contribution in [0.2, 0.25) is 10.0 Å². The van der Waals surface area contributed by atoms with Gasteiger partial charge in [-0.1, -0.05) is 30.1 Å². The van der Waals surface area contributed by atoms with Crippen LogP contribution in [-0.2, 0) is 19.8 Å². The van der Waals surface area contributed by atoms with Crippen molar-refractivity contribution in [3.8, 4) is 5.75 Å². The first kappa shape index (κ1) is 23.5. The maximum Gasteiger partial charge on any atom is 0.254 e. The number of aliphatic hydroxyl groups excluding tert-OH is 1. The maximum atomic E-state index is 13.2. The number of hydrogen-bond acceptors (Lipinski definition) is 5. The van der Waals surface area contributed by atoms with Crippen molar-refractivity contribution >= 4 is 40.4 Å². The largest absolute Gasteiger partial charge is 0.486 e. The number of carbonyl (C=O) groups excluding carboxylic acids is 1. The second-order valence-corrected chi connectivity index (χ2v) is 8.94. The molecular formula is C23H24Cl2N2O3S. The van der Waals surface area contributed by atoms with E-state index in [1.54, 1.807) is 41.8 Å². The Bertz CT molecular complexity index is 1020. The molecule has 1 aromatic heterocycles. The Labute approximate surface area is 196 Å². The minimum absolute atomic E-state index is 0.0149. The summed E-state index contributed by atoms with van der Waals surface area (Å²) < 4.78 is 6.00. The maximum absolute atomic E-state index is 13.2. The number of ether oxygens (including phenoxy) is 1. The van der Waals surface area contributed by atoms with E-state index in [0.717, 1.165) is 17.0 Å². The Balaban J connectivity index is 1.83. The zero-order chi connectivity index (χ0) is 22.4. The summed E-state index contributed by atoms with van der Waals surface area (Å²) in [5.41, 5.74) is 2.01. The molecule has 0 aliphatic heterocycles. The van der Waals surface area contributed by atoms with E-state index in [2.05, 4.69) is 4.98 Å². The summed E-state index contributed by atoms with van der Waals surface area (Å²) in [6, 6.07) is 12.3. The second kappa shape index (κ2) is 11.0. The van der Waals surface area contributed by atoms with Crippen LogP contribution in [0.1, 0.15) is 46.9 Å². The van der Waals surface area contributed by atoms with Crippen LogP contribution in [0.5, 0.6) is 5.75 Å². The highest BCUT2D eigenvalue weighted by Gasteiger charge is 2.22. The standard InChI is InChI=1S/C23H24Cl2N2O3S/c1-3-15(2)27(23(29)16-4-6-18(24)7-5-16)11-17-10-19(25)8-9-21(17)30-13-22-26-20(12-28)14-31-22/h4-10,14-15,28H,3,11-13H2,1-2H3/t15-/m1/s1. The molecule has 0 saturated carbocycles. The molecular weight excluding hydrogens is 455 g/mol. The Kier molecular flexibility index (Phi) is 8.32. The van der Waals surface area contributed by atoms with Crippen molar-refractivity contribution in [1.29, 1.82) is 0 Å².